The maximum Gasteiger partial charge on any atom is 0.435 e. The zero-order valence-electron chi connectivity index (χ0n) is 12.8. The molecule has 122 valence electrons. The van der Waals surface area contributed by atoms with Crippen LogP contribution in [0.25, 0.3) is 0 Å². The van der Waals surface area contributed by atoms with Crippen LogP contribution in [0.4, 0.5) is 19.0 Å². The van der Waals surface area contributed by atoms with E-state index in [0.29, 0.717) is 32.0 Å². The van der Waals surface area contributed by atoms with E-state index in [2.05, 4.69) is 10.2 Å². The van der Waals surface area contributed by atoms with Gasteiger partial charge < -0.3 is 9.80 Å². The molecule has 0 spiro atoms. The van der Waals surface area contributed by atoms with Gasteiger partial charge in [-0.25, -0.2) is 0 Å². The van der Waals surface area contributed by atoms with Gasteiger partial charge in [0.1, 0.15) is 0 Å². The first-order valence-corrected chi connectivity index (χ1v) is 7.04. The van der Waals surface area contributed by atoms with Gasteiger partial charge in [0.2, 0.25) is 5.91 Å². The van der Waals surface area contributed by atoms with Crippen molar-refractivity contribution in [2.45, 2.75) is 26.9 Å². The molecule has 0 atom stereocenters. The molecule has 1 amide bonds. The first-order chi connectivity index (χ1) is 10.1. The van der Waals surface area contributed by atoms with Crippen molar-refractivity contribution in [3.05, 3.63) is 17.8 Å². The van der Waals surface area contributed by atoms with E-state index in [9.17, 15) is 18.0 Å². The van der Waals surface area contributed by atoms with Gasteiger partial charge in [0.15, 0.2) is 11.5 Å². The number of anilines is 1. The van der Waals surface area contributed by atoms with E-state index in [1.165, 1.54) is 6.07 Å². The van der Waals surface area contributed by atoms with Gasteiger partial charge in [0.25, 0.3) is 0 Å². The van der Waals surface area contributed by atoms with E-state index >= 15 is 0 Å². The second-order valence-electron chi connectivity index (χ2n) is 6.30. The third-order valence-corrected chi connectivity index (χ3v) is 3.47. The number of nitrogens with zero attached hydrogens (tertiary/aromatic N) is 4. The van der Waals surface area contributed by atoms with E-state index in [4.69, 9.17) is 0 Å². The summed E-state index contributed by atoms with van der Waals surface area (Å²) in [5.41, 5.74) is -1.44. The highest BCUT2D eigenvalue weighted by molar-refractivity contribution is 5.81. The summed E-state index contributed by atoms with van der Waals surface area (Å²) in [6.07, 6.45) is -4.48. The van der Waals surface area contributed by atoms with Crippen molar-refractivity contribution in [2.24, 2.45) is 5.41 Å². The molecule has 1 aliphatic rings. The number of piperazine rings is 1. The fraction of sp³-hybridized carbons (Fsp3) is 0.643. The van der Waals surface area contributed by atoms with Crippen LogP contribution < -0.4 is 4.90 Å². The number of hydrogen-bond acceptors (Lipinski definition) is 4. The monoisotopic (exact) mass is 316 g/mol. The highest BCUT2D eigenvalue weighted by Crippen LogP contribution is 2.28. The quantitative estimate of drug-likeness (QED) is 0.797. The molecule has 8 heteroatoms. The largest absolute Gasteiger partial charge is 0.435 e. The Morgan fingerprint density at radius 2 is 1.64 bits per heavy atom. The van der Waals surface area contributed by atoms with Gasteiger partial charge in [-0.2, -0.15) is 13.2 Å². The van der Waals surface area contributed by atoms with Crippen molar-refractivity contribution in [3.63, 3.8) is 0 Å². The Balaban J connectivity index is 1.99. The predicted octanol–water partition coefficient (Wildman–Crippen LogP) is 2.19. The van der Waals surface area contributed by atoms with Crippen LogP contribution in [0.1, 0.15) is 26.5 Å². The molecule has 0 N–H and O–H groups in total. The molecule has 2 heterocycles. The standard InChI is InChI=1S/C14H19F3N4O/c1-13(2,3)12(22)21-8-6-20(7-9-21)11-5-4-10(18-19-11)14(15,16)17/h4-5H,6-9H2,1-3H3. The smallest absolute Gasteiger partial charge is 0.352 e. The van der Waals surface area contributed by atoms with Crippen molar-refractivity contribution in [2.75, 3.05) is 31.1 Å². The van der Waals surface area contributed by atoms with E-state index in [1.807, 2.05) is 25.7 Å². The van der Waals surface area contributed by atoms with Crippen molar-refractivity contribution in [1.82, 2.24) is 15.1 Å². The number of carbonyl (C=O) groups excluding carboxylic acids is 1. The predicted molar refractivity (Wildman–Crippen MR) is 75.3 cm³/mol. The normalized spacial score (nSPS) is 16.8. The molecule has 0 radical (unpaired) electrons. The van der Waals surface area contributed by atoms with Gasteiger partial charge in [0, 0.05) is 31.6 Å². The molecule has 1 aromatic rings. The van der Waals surface area contributed by atoms with E-state index in [0.717, 1.165) is 6.07 Å². The minimum atomic E-state index is -4.48. The SMILES string of the molecule is CC(C)(C)C(=O)N1CCN(c2ccc(C(F)(F)F)nn2)CC1. The van der Waals surface area contributed by atoms with Gasteiger partial charge in [-0.05, 0) is 12.1 Å². The fourth-order valence-corrected chi connectivity index (χ4v) is 2.26. The van der Waals surface area contributed by atoms with E-state index in [1.54, 1.807) is 4.90 Å². The van der Waals surface area contributed by atoms with Gasteiger partial charge >= 0.3 is 6.18 Å². The average molecular weight is 316 g/mol. The summed E-state index contributed by atoms with van der Waals surface area (Å²) in [6, 6.07) is 2.24. The number of hydrogen-bond donors (Lipinski definition) is 0. The fourth-order valence-electron chi connectivity index (χ4n) is 2.26. The Morgan fingerprint density at radius 3 is 2.05 bits per heavy atom. The summed E-state index contributed by atoms with van der Waals surface area (Å²) in [4.78, 5) is 15.8. The lowest BCUT2D eigenvalue weighted by Crippen LogP contribution is -2.51. The summed E-state index contributed by atoms with van der Waals surface area (Å²) in [7, 11) is 0. The molecule has 2 rings (SSSR count). The number of carbonyl (C=O) groups is 1. The molecule has 0 unspecified atom stereocenters. The summed E-state index contributed by atoms with van der Waals surface area (Å²) in [5, 5.41) is 6.86. The van der Waals surface area contributed by atoms with Gasteiger partial charge in [0.05, 0.1) is 0 Å². The summed E-state index contributed by atoms with van der Waals surface area (Å²) in [6.45, 7) is 7.70. The highest BCUT2D eigenvalue weighted by atomic mass is 19.4. The Labute approximate surface area is 127 Å². The zero-order valence-corrected chi connectivity index (χ0v) is 12.8. The Morgan fingerprint density at radius 1 is 1.05 bits per heavy atom. The minimum absolute atomic E-state index is 0.0747. The van der Waals surface area contributed by atoms with Crippen LogP contribution in [0.15, 0.2) is 12.1 Å². The maximum absolute atomic E-state index is 12.5. The molecule has 0 aliphatic carbocycles. The first-order valence-electron chi connectivity index (χ1n) is 7.04. The van der Waals surface area contributed by atoms with Crippen LogP contribution in [0, 0.1) is 5.41 Å². The molecule has 1 saturated heterocycles. The van der Waals surface area contributed by atoms with Gasteiger partial charge in [-0.15, -0.1) is 10.2 Å². The van der Waals surface area contributed by atoms with Gasteiger partial charge in [-0.3, -0.25) is 4.79 Å². The van der Waals surface area contributed by atoms with Crippen LogP contribution in [0.5, 0.6) is 0 Å². The van der Waals surface area contributed by atoms with Crippen LogP contribution in [0.3, 0.4) is 0 Å². The summed E-state index contributed by atoms with van der Waals surface area (Å²) >= 11 is 0. The van der Waals surface area contributed by atoms with Gasteiger partial charge in [-0.1, -0.05) is 20.8 Å². The Kier molecular flexibility index (Phi) is 4.30. The third-order valence-electron chi connectivity index (χ3n) is 3.47. The summed E-state index contributed by atoms with van der Waals surface area (Å²) < 4.78 is 37.4. The molecular weight excluding hydrogens is 297 g/mol. The van der Waals surface area contributed by atoms with Crippen molar-refractivity contribution < 1.29 is 18.0 Å². The number of amides is 1. The van der Waals surface area contributed by atoms with Crippen LogP contribution >= 0.6 is 0 Å². The zero-order chi connectivity index (χ0) is 16.5. The van der Waals surface area contributed by atoms with Crippen LogP contribution in [-0.2, 0) is 11.0 Å². The Bertz CT molecular complexity index is 529. The summed E-state index contributed by atoms with van der Waals surface area (Å²) in [5.74, 6) is 0.474. The Hall–Kier alpha value is -1.86. The maximum atomic E-state index is 12.5. The highest BCUT2D eigenvalue weighted by Gasteiger charge is 2.34. The topological polar surface area (TPSA) is 49.3 Å². The first kappa shape index (κ1) is 16.5. The lowest BCUT2D eigenvalue weighted by Gasteiger charge is -2.38. The second-order valence-corrected chi connectivity index (χ2v) is 6.30. The second kappa shape index (κ2) is 5.73. The average Bonchev–Trinajstić information content (AvgIpc) is 2.45. The molecule has 0 aromatic carbocycles. The molecule has 1 aromatic heterocycles. The van der Waals surface area contributed by atoms with Crippen LogP contribution in [-0.4, -0.2) is 47.2 Å². The van der Waals surface area contributed by atoms with Crippen LogP contribution in [0.2, 0.25) is 0 Å². The molecule has 0 bridgehead atoms. The van der Waals surface area contributed by atoms with Crippen molar-refractivity contribution in [1.29, 1.82) is 0 Å². The number of halogens is 3. The van der Waals surface area contributed by atoms with Crippen molar-refractivity contribution >= 4 is 11.7 Å². The lowest BCUT2D eigenvalue weighted by molar-refractivity contribution is -0.142. The number of rotatable bonds is 1. The third kappa shape index (κ3) is 3.66. The van der Waals surface area contributed by atoms with E-state index in [-0.39, 0.29) is 5.91 Å². The lowest BCUT2D eigenvalue weighted by atomic mass is 9.94. The molecule has 22 heavy (non-hydrogen) atoms. The molecule has 1 fully saturated rings. The molecular formula is C14H19F3N4O. The molecule has 1 aliphatic heterocycles. The number of aromatic nitrogens is 2. The minimum Gasteiger partial charge on any atom is -0.352 e. The van der Waals surface area contributed by atoms with Crippen molar-refractivity contribution in [3.8, 4) is 0 Å². The number of alkyl halides is 3. The molecule has 5 nitrogen and oxygen atoms in total. The van der Waals surface area contributed by atoms with E-state index < -0.39 is 17.3 Å². The molecule has 0 saturated carbocycles.